The maximum absolute atomic E-state index is 14.3. The number of ether oxygens (including phenoxy) is 1. The van der Waals surface area contributed by atoms with Crippen LogP contribution in [0.25, 0.3) is 11.1 Å². The van der Waals surface area contributed by atoms with Crippen LogP contribution in [0.1, 0.15) is 25.3 Å². The molecule has 7 heteroatoms. The molecule has 126 valence electrons. The van der Waals surface area contributed by atoms with Gasteiger partial charge < -0.3 is 4.74 Å². The maximum Gasteiger partial charge on any atom is 0.315 e. The van der Waals surface area contributed by atoms with Crippen LogP contribution in [-0.2, 0) is 14.4 Å². The molecule has 0 heterocycles. The largest absolute Gasteiger partial charge is 0.435 e. The van der Waals surface area contributed by atoms with Crippen molar-refractivity contribution in [2.45, 2.75) is 26.1 Å². The molecule has 0 N–H and O–H groups in total. The second-order valence-corrected chi connectivity index (χ2v) is 5.16. The summed E-state index contributed by atoms with van der Waals surface area (Å²) < 4.78 is 19.1. The molecule has 0 saturated carbocycles. The highest BCUT2D eigenvalue weighted by atomic mass is 19.1. The second-order valence-electron chi connectivity index (χ2n) is 5.16. The lowest BCUT2D eigenvalue weighted by molar-refractivity contribution is -0.777. The van der Waals surface area contributed by atoms with Gasteiger partial charge in [0, 0.05) is 5.56 Å². The van der Waals surface area contributed by atoms with Crippen molar-refractivity contribution in [1.29, 1.82) is 0 Å². The summed E-state index contributed by atoms with van der Waals surface area (Å²) >= 11 is 0. The van der Waals surface area contributed by atoms with Crippen LogP contribution in [0, 0.1) is 15.9 Å². The molecule has 2 rings (SSSR count). The second kappa shape index (κ2) is 7.54. The molecule has 0 bridgehead atoms. The van der Waals surface area contributed by atoms with E-state index in [1.807, 2.05) is 6.07 Å². The van der Waals surface area contributed by atoms with Gasteiger partial charge in [-0.2, -0.15) is 0 Å². The Bertz CT molecular complexity index is 735. The summed E-state index contributed by atoms with van der Waals surface area (Å²) in [6, 6.07) is 13.5. The Balaban J connectivity index is 2.13. The van der Waals surface area contributed by atoms with Crippen molar-refractivity contribution in [1.82, 2.24) is 0 Å². The molecule has 0 amide bonds. The summed E-state index contributed by atoms with van der Waals surface area (Å²) in [6.07, 6.45) is -1.33. The van der Waals surface area contributed by atoms with Gasteiger partial charge in [-0.3, -0.25) is 9.63 Å². The van der Waals surface area contributed by atoms with Crippen molar-refractivity contribution in [3.63, 3.8) is 0 Å². The fourth-order valence-corrected chi connectivity index (χ4v) is 2.20. The lowest BCUT2D eigenvalue weighted by atomic mass is 9.97. The first-order valence-corrected chi connectivity index (χ1v) is 7.25. The van der Waals surface area contributed by atoms with Gasteiger partial charge in [-0.25, -0.2) is 4.39 Å². The number of carbonyl (C=O) groups excluding carboxylic acids is 1. The minimum atomic E-state index is -1.33. The molecule has 0 saturated heterocycles. The predicted octanol–water partition coefficient (Wildman–Crippen LogP) is 3.69. The Morgan fingerprint density at radius 1 is 1.17 bits per heavy atom. The van der Waals surface area contributed by atoms with E-state index in [9.17, 15) is 19.3 Å². The smallest absolute Gasteiger partial charge is 0.315 e. The monoisotopic (exact) mass is 333 g/mol. The van der Waals surface area contributed by atoms with Gasteiger partial charge in [0.15, 0.2) is 0 Å². The highest BCUT2D eigenvalue weighted by Crippen LogP contribution is 2.26. The van der Waals surface area contributed by atoms with E-state index < -0.39 is 29.1 Å². The van der Waals surface area contributed by atoms with E-state index in [-0.39, 0.29) is 0 Å². The van der Waals surface area contributed by atoms with Gasteiger partial charge in [-0.15, -0.1) is 10.1 Å². The van der Waals surface area contributed by atoms with Crippen molar-refractivity contribution in [3.05, 3.63) is 70.0 Å². The van der Waals surface area contributed by atoms with Crippen molar-refractivity contribution in [2.24, 2.45) is 0 Å². The van der Waals surface area contributed by atoms with Crippen LogP contribution in [-0.4, -0.2) is 17.3 Å². The molecule has 0 aliphatic carbocycles. The number of rotatable bonds is 6. The minimum absolute atomic E-state index is 0.408. The number of hydrogen-bond donors (Lipinski definition) is 0. The summed E-state index contributed by atoms with van der Waals surface area (Å²) in [4.78, 5) is 26.3. The Morgan fingerprint density at radius 2 is 1.83 bits per heavy atom. The first-order chi connectivity index (χ1) is 11.4. The molecule has 6 nitrogen and oxygen atoms in total. The molecule has 24 heavy (non-hydrogen) atoms. The van der Waals surface area contributed by atoms with Crippen LogP contribution in [0.5, 0.6) is 0 Å². The highest BCUT2D eigenvalue weighted by molar-refractivity contribution is 5.78. The molecule has 0 spiro atoms. The molecule has 2 aromatic carbocycles. The summed E-state index contributed by atoms with van der Waals surface area (Å²) in [5.74, 6) is -1.99. The Morgan fingerprint density at radius 3 is 2.42 bits per heavy atom. The zero-order valence-electron chi connectivity index (χ0n) is 13.1. The SMILES string of the molecule is CC(OC(=O)C(C)c1ccc(-c2ccccc2)c(F)c1)O[N+](=O)[O-]. The first-order valence-electron chi connectivity index (χ1n) is 7.25. The van der Waals surface area contributed by atoms with Gasteiger partial charge in [0.2, 0.25) is 6.29 Å². The van der Waals surface area contributed by atoms with E-state index in [0.29, 0.717) is 11.1 Å². The third-order valence-electron chi connectivity index (χ3n) is 3.45. The van der Waals surface area contributed by atoms with Gasteiger partial charge in [0.25, 0.3) is 5.09 Å². The van der Waals surface area contributed by atoms with Gasteiger partial charge in [-0.1, -0.05) is 42.5 Å². The number of hydrogen-bond acceptors (Lipinski definition) is 5. The van der Waals surface area contributed by atoms with E-state index >= 15 is 0 Å². The Hall–Kier alpha value is -2.96. The molecule has 2 unspecified atom stereocenters. The van der Waals surface area contributed by atoms with E-state index in [1.165, 1.54) is 19.9 Å². The fourth-order valence-electron chi connectivity index (χ4n) is 2.20. The van der Waals surface area contributed by atoms with Gasteiger partial charge in [0.05, 0.1) is 5.92 Å². The number of halogens is 1. The van der Waals surface area contributed by atoms with Crippen molar-refractivity contribution in [3.8, 4) is 11.1 Å². The summed E-state index contributed by atoms with van der Waals surface area (Å²) in [5, 5.41) is 9.15. The molecular formula is C17H16FNO5. The average molecular weight is 333 g/mol. The predicted molar refractivity (Wildman–Crippen MR) is 83.9 cm³/mol. The molecule has 0 radical (unpaired) electrons. The summed E-state index contributed by atoms with van der Waals surface area (Å²) in [5.41, 5.74) is 1.56. The summed E-state index contributed by atoms with van der Waals surface area (Å²) in [6.45, 7) is 2.75. The first kappa shape index (κ1) is 17.4. The fraction of sp³-hybridized carbons (Fsp3) is 0.235. The summed E-state index contributed by atoms with van der Waals surface area (Å²) in [7, 11) is 0. The molecule has 0 aliphatic rings. The van der Waals surface area contributed by atoms with E-state index in [1.54, 1.807) is 36.4 Å². The van der Waals surface area contributed by atoms with Crippen LogP contribution >= 0.6 is 0 Å². The quantitative estimate of drug-likeness (QED) is 0.349. The molecule has 0 aromatic heterocycles. The van der Waals surface area contributed by atoms with Crippen LogP contribution in [0.2, 0.25) is 0 Å². The van der Waals surface area contributed by atoms with Crippen LogP contribution in [0.4, 0.5) is 4.39 Å². The lowest BCUT2D eigenvalue weighted by Gasteiger charge is -2.16. The van der Waals surface area contributed by atoms with Crippen molar-refractivity contribution >= 4 is 5.97 Å². The third-order valence-corrected chi connectivity index (χ3v) is 3.45. The van der Waals surface area contributed by atoms with Gasteiger partial charge >= 0.3 is 5.97 Å². The highest BCUT2D eigenvalue weighted by Gasteiger charge is 2.22. The normalized spacial score (nSPS) is 13.0. The van der Waals surface area contributed by atoms with Crippen molar-refractivity contribution in [2.75, 3.05) is 0 Å². The molecule has 0 aliphatic heterocycles. The van der Waals surface area contributed by atoms with Gasteiger partial charge in [-0.05, 0) is 31.0 Å². The molecular weight excluding hydrogens is 317 g/mol. The van der Waals surface area contributed by atoms with Gasteiger partial charge in [0.1, 0.15) is 5.82 Å². The standard InChI is InChI=1S/C17H16FNO5/c1-11(17(20)23-12(2)24-19(21)22)14-8-9-15(16(18)10-14)13-6-4-3-5-7-13/h3-12H,1-2H3. The average Bonchev–Trinajstić information content (AvgIpc) is 2.54. The number of nitrogens with zero attached hydrogens (tertiary/aromatic N) is 1. The number of benzene rings is 2. The van der Waals surface area contributed by atoms with E-state index in [4.69, 9.17) is 4.74 Å². The topological polar surface area (TPSA) is 78.7 Å². The zero-order valence-corrected chi connectivity index (χ0v) is 13.1. The number of esters is 1. The molecule has 2 aromatic rings. The Labute approximate surface area is 137 Å². The van der Waals surface area contributed by atoms with E-state index in [0.717, 1.165) is 5.56 Å². The molecule has 2 atom stereocenters. The third kappa shape index (κ3) is 4.28. The maximum atomic E-state index is 14.3. The van der Waals surface area contributed by atoms with Crippen LogP contribution in [0.3, 0.4) is 0 Å². The van der Waals surface area contributed by atoms with Crippen LogP contribution in [0.15, 0.2) is 48.5 Å². The number of carbonyl (C=O) groups is 1. The van der Waals surface area contributed by atoms with E-state index in [2.05, 4.69) is 4.84 Å². The lowest BCUT2D eigenvalue weighted by Crippen LogP contribution is -2.24. The van der Waals surface area contributed by atoms with Crippen molar-refractivity contribution < 1.29 is 23.8 Å². The van der Waals surface area contributed by atoms with Crippen LogP contribution < -0.4 is 0 Å². The zero-order chi connectivity index (χ0) is 17.7. The Kier molecular flexibility index (Phi) is 5.47. The minimum Gasteiger partial charge on any atom is -0.435 e. The molecule has 0 fully saturated rings.